The average molecular weight is 378 g/mol. The van der Waals surface area contributed by atoms with Crippen LogP contribution in [0.2, 0.25) is 5.02 Å². The molecule has 1 aromatic carbocycles. The Morgan fingerprint density at radius 1 is 1.35 bits per heavy atom. The van der Waals surface area contributed by atoms with Crippen molar-refractivity contribution in [1.82, 2.24) is 5.32 Å². The predicted octanol–water partition coefficient (Wildman–Crippen LogP) is 4.85. The maximum absolute atomic E-state index is 12.8. The van der Waals surface area contributed by atoms with Crippen LogP contribution in [0.15, 0.2) is 17.9 Å². The molecule has 0 saturated heterocycles. The molecule has 1 aromatic rings. The summed E-state index contributed by atoms with van der Waals surface area (Å²) in [6.45, 7) is 6.72. The van der Waals surface area contributed by atoms with Crippen LogP contribution in [0, 0.1) is 13.8 Å². The van der Waals surface area contributed by atoms with Crippen molar-refractivity contribution in [3.63, 3.8) is 0 Å². The van der Waals surface area contributed by atoms with Crippen LogP contribution in [0.4, 0.5) is 0 Å². The number of nitrogens with one attached hydrogen (secondary N) is 1. The van der Waals surface area contributed by atoms with Crippen LogP contribution in [-0.4, -0.2) is 29.3 Å². The highest BCUT2D eigenvalue weighted by molar-refractivity contribution is 6.31. The van der Waals surface area contributed by atoms with E-state index in [2.05, 4.69) is 12.2 Å². The summed E-state index contributed by atoms with van der Waals surface area (Å²) in [5.41, 5.74) is 2.28. The molecule has 26 heavy (non-hydrogen) atoms. The number of aliphatic hydroxyl groups is 1. The monoisotopic (exact) mass is 377 g/mol. The quantitative estimate of drug-likeness (QED) is 0.721. The van der Waals surface area contributed by atoms with Crippen LogP contribution in [0.5, 0.6) is 0 Å². The molecule has 0 aromatic heterocycles. The molecule has 142 valence electrons. The van der Waals surface area contributed by atoms with Crippen molar-refractivity contribution in [2.75, 3.05) is 6.61 Å². The van der Waals surface area contributed by atoms with Crippen LogP contribution in [0.3, 0.4) is 0 Å². The fraction of sp³-hybridized carbons (Fsp3) is 0.571. The van der Waals surface area contributed by atoms with Gasteiger partial charge >= 0.3 is 0 Å². The summed E-state index contributed by atoms with van der Waals surface area (Å²) in [6.07, 6.45) is 5.47. The molecule has 2 unspecified atom stereocenters. The predicted molar refractivity (Wildman–Crippen MR) is 104 cm³/mol. The van der Waals surface area contributed by atoms with Gasteiger partial charge in [-0.1, -0.05) is 24.9 Å². The lowest BCUT2D eigenvalue weighted by Crippen LogP contribution is -2.50. The number of aliphatic hydroxyl groups excluding tert-OH is 1. The topological polar surface area (TPSA) is 58.6 Å². The van der Waals surface area contributed by atoms with E-state index in [1.165, 1.54) is 0 Å². The molecule has 4 nitrogen and oxygen atoms in total. The van der Waals surface area contributed by atoms with E-state index in [0.717, 1.165) is 55.4 Å². The third-order valence-corrected chi connectivity index (χ3v) is 5.79. The van der Waals surface area contributed by atoms with Gasteiger partial charge in [0.25, 0.3) is 5.91 Å². The van der Waals surface area contributed by atoms with Crippen molar-refractivity contribution >= 4 is 23.1 Å². The molecule has 5 heteroatoms. The molecule has 2 aliphatic rings. The maximum atomic E-state index is 12.8. The van der Waals surface area contributed by atoms with Crippen molar-refractivity contribution in [1.29, 1.82) is 0 Å². The Hall–Kier alpha value is -1.52. The van der Waals surface area contributed by atoms with Gasteiger partial charge in [0, 0.05) is 18.1 Å². The second-order valence-corrected chi connectivity index (χ2v) is 8.05. The molecule has 2 atom stereocenters. The number of aryl methyl sites for hydroxylation is 2. The maximum Gasteiger partial charge on any atom is 0.256 e. The zero-order chi connectivity index (χ0) is 18.9. The van der Waals surface area contributed by atoms with E-state index in [1.54, 1.807) is 0 Å². The number of rotatable bonds is 5. The number of ether oxygens (including phenoxy) is 1. The summed E-state index contributed by atoms with van der Waals surface area (Å²) < 4.78 is 6.00. The minimum Gasteiger partial charge on any atom is -0.509 e. The van der Waals surface area contributed by atoms with E-state index in [-0.39, 0.29) is 17.8 Å². The van der Waals surface area contributed by atoms with Crippen LogP contribution < -0.4 is 5.32 Å². The lowest BCUT2D eigenvalue weighted by atomic mass is 9.78. The standard InChI is InChI=1S/C21H28ClNO3/c1-4-5-9-26-16-7-6-8-21(12-16)19(24)18(20(25)23-21)17-13(2)10-15(22)11-14(17)3/h10-11,16,24H,4-9,12H2,1-3H3,(H,23,25). The first-order valence-corrected chi connectivity index (χ1v) is 9.90. The van der Waals surface area contributed by atoms with Crippen LogP contribution in [0.1, 0.15) is 62.1 Å². The second kappa shape index (κ2) is 7.61. The van der Waals surface area contributed by atoms with Gasteiger partial charge in [-0.2, -0.15) is 0 Å². The Bertz CT molecular complexity index is 720. The molecule has 2 N–H and O–H groups in total. The van der Waals surface area contributed by atoms with Gasteiger partial charge in [-0.15, -0.1) is 0 Å². The van der Waals surface area contributed by atoms with Gasteiger partial charge in [-0.05, 0) is 68.4 Å². The number of hydrogen-bond donors (Lipinski definition) is 2. The summed E-state index contributed by atoms with van der Waals surface area (Å²) in [5.74, 6) is -0.0370. The van der Waals surface area contributed by atoms with Crippen molar-refractivity contribution in [2.24, 2.45) is 0 Å². The smallest absolute Gasteiger partial charge is 0.256 e. The van der Waals surface area contributed by atoms with E-state index in [0.29, 0.717) is 17.0 Å². The molecule has 1 heterocycles. The van der Waals surface area contributed by atoms with E-state index in [9.17, 15) is 9.90 Å². The zero-order valence-electron chi connectivity index (χ0n) is 15.8. The molecule has 0 bridgehead atoms. The average Bonchev–Trinajstić information content (AvgIpc) is 2.79. The van der Waals surface area contributed by atoms with Gasteiger partial charge in [-0.25, -0.2) is 0 Å². The molecular formula is C21H28ClNO3. The first-order valence-electron chi connectivity index (χ1n) is 9.53. The molecule has 0 radical (unpaired) electrons. The molecule has 3 rings (SSSR count). The van der Waals surface area contributed by atoms with E-state index < -0.39 is 5.54 Å². The number of carbonyl (C=O) groups excluding carboxylic acids is 1. The van der Waals surface area contributed by atoms with Gasteiger partial charge in [0.1, 0.15) is 11.3 Å². The highest BCUT2D eigenvalue weighted by Gasteiger charge is 2.49. The summed E-state index contributed by atoms with van der Waals surface area (Å²) in [7, 11) is 0. The number of carbonyl (C=O) groups is 1. The van der Waals surface area contributed by atoms with E-state index in [4.69, 9.17) is 16.3 Å². The first kappa shape index (κ1) is 19.2. The van der Waals surface area contributed by atoms with Crippen molar-refractivity contribution < 1.29 is 14.6 Å². The van der Waals surface area contributed by atoms with Crippen molar-refractivity contribution in [3.05, 3.63) is 39.6 Å². The normalized spacial score (nSPS) is 25.8. The highest BCUT2D eigenvalue weighted by Crippen LogP contribution is 2.43. The molecule has 1 spiro atoms. The second-order valence-electron chi connectivity index (χ2n) is 7.62. The molecular weight excluding hydrogens is 350 g/mol. The summed E-state index contributed by atoms with van der Waals surface area (Å²) in [5, 5.41) is 14.8. The molecule has 1 amide bonds. The Morgan fingerprint density at radius 3 is 2.69 bits per heavy atom. The highest BCUT2D eigenvalue weighted by atomic mass is 35.5. The molecule has 1 fully saturated rings. The Kier molecular flexibility index (Phi) is 5.64. The van der Waals surface area contributed by atoms with Gasteiger partial charge in [0.05, 0.1) is 11.7 Å². The number of amides is 1. The number of benzene rings is 1. The first-order chi connectivity index (χ1) is 12.4. The van der Waals surface area contributed by atoms with Crippen LogP contribution in [0.25, 0.3) is 5.57 Å². The largest absolute Gasteiger partial charge is 0.509 e. The molecule has 1 aliphatic heterocycles. The number of halogens is 1. The minimum absolute atomic E-state index is 0.0736. The molecule has 1 aliphatic carbocycles. The Morgan fingerprint density at radius 2 is 2.04 bits per heavy atom. The third kappa shape index (κ3) is 3.49. The van der Waals surface area contributed by atoms with Gasteiger partial charge in [0.2, 0.25) is 0 Å². The van der Waals surface area contributed by atoms with Crippen LogP contribution in [-0.2, 0) is 9.53 Å². The summed E-state index contributed by atoms with van der Waals surface area (Å²) in [6, 6.07) is 3.67. The van der Waals surface area contributed by atoms with E-state index in [1.807, 2.05) is 26.0 Å². The van der Waals surface area contributed by atoms with Crippen LogP contribution >= 0.6 is 11.6 Å². The lowest BCUT2D eigenvalue weighted by Gasteiger charge is -2.37. The van der Waals surface area contributed by atoms with Crippen molar-refractivity contribution in [2.45, 2.75) is 70.9 Å². The van der Waals surface area contributed by atoms with E-state index >= 15 is 0 Å². The lowest BCUT2D eigenvalue weighted by molar-refractivity contribution is -0.117. The SMILES string of the molecule is CCCCOC1CCCC2(C1)NC(=O)C(c1c(C)cc(Cl)cc1C)=C2O. The zero-order valence-corrected chi connectivity index (χ0v) is 16.6. The third-order valence-electron chi connectivity index (χ3n) is 5.57. The fourth-order valence-electron chi connectivity index (χ4n) is 4.31. The van der Waals surface area contributed by atoms with Gasteiger partial charge in [0.15, 0.2) is 0 Å². The number of hydrogen-bond acceptors (Lipinski definition) is 3. The van der Waals surface area contributed by atoms with Gasteiger partial charge in [-0.3, -0.25) is 4.79 Å². The summed E-state index contributed by atoms with van der Waals surface area (Å²) in [4.78, 5) is 12.8. The fourth-order valence-corrected chi connectivity index (χ4v) is 4.64. The van der Waals surface area contributed by atoms with Gasteiger partial charge < -0.3 is 15.2 Å². The van der Waals surface area contributed by atoms with Crippen molar-refractivity contribution in [3.8, 4) is 0 Å². The Labute approximate surface area is 160 Å². The molecule has 1 saturated carbocycles. The Balaban J connectivity index is 1.93. The minimum atomic E-state index is -0.694. The number of unbranched alkanes of at least 4 members (excludes halogenated alkanes) is 1. The summed E-state index contributed by atoms with van der Waals surface area (Å²) >= 11 is 6.13.